The summed E-state index contributed by atoms with van der Waals surface area (Å²) in [6.07, 6.45) is 0.0249. The maximum atomic E-state index is 11.5. The fourth-order valence-corrected chi connectivity index (χ4v) is 1.67. The van der Waals surface area contributed by atoms with E-state index in [0.717, 1.165) is 11.1 Å². The minimum absolute atomic E-state index is 0.0249. The van der Waals surface area contributed by atoms with Crippen LogP contribution in [-0.2, 0) is 9.59 Å². The van der Waals surface area contributed by atoms with E-state index in [2.05, 4.69) is 5.32 Å². The Morgan fingerprint density at radius 1 is 1.35 bits per heavy atom. The van der Waals surface area contributed by atoms with Gasteiger partial charge in [-0.1, -0.05) is 17.7 Å². The van der Waals surface area contributed by atoms with Crippen molar-refractivity contribution in [2.24, 2.45) is 0 Å². The third-order valence-corrected chi connectivity index (χ3v) is 2.73. The second-order valence-electron chi connectivity index (χ2n) is 4.51. The van der Waals surface area contributed by atoms with Gasteiger partial charge in [-0.25, -0.2) is 4.79 Å². The largest absolute Gasteiger partial charge is 0.493 e. The Morgan fingerprint density at radius 2 is 2.05 bits per heavy atom. The Bertz CT molecular complexity index is 486. The molecule has 1 atom stereocenters. The van der Waals surface area contributed by atoms with Gasteiger partial charge in [0, 0.05) is 0 Å². The lowest BCUT2D eigenvalue weighted by atomic mass is 10.1. The molecule has 0 aliphatic carbocycles. The Kier molecular flexibility index (Phi) is 5.99. The first-order chi connectivity index (χ1) is 9.43. The molecule has 0 bridgehead atoms. The van der Waals surface area contributed by atoms with E-state index >= 15 is 0 Å². The van der Waals surface area contributed by atoms with Crippen molar-refractivity contribution in [3.8, 4) is 5.75 Å². The summed E-state index contributed by atoms with van der Waals surface area (Å²) in [5, 5.41) is 19.7. The van der Waals surface area contributed by atoms with Crippen LogP contribution in [0.5, 0.6) is 5.75 Å². The van der Waals surface area contributed by atoms with Crippen molar-refractivity contribution in [1.82, 2.24) is 5.32 Å². The van der Waals surface area contributed by atoms with Crippen LogP contribution in [0.15, 0.2) is 18.2 Å². The summed E-state index contributed by atoms with van der Waals surface area (Å²) in [4.78, 5) is 22.1. The fourth-order valence-electron chi connectivity index (χ4n) is 1.67. The number of carboxylic acid groups (broad SMARTS) is 1. The molecule has 0 saturated carbocycles. The molecule has 1 unspecified atom stereocenters. The van der Waals surface area contributed by atoms with Gasteiger partial charge in [0.1, 0.15) is 11.8 Å². The molecule has 1 aromatic rings. The SMILES string of the molecule is Cc1ccc(OCCC(=O)NC(CO)C(=O)O)c(C)c1. The average Bonchev–Trinajstić information content (AvgIpc) is 2.38. The number of hydrogen-bond acceptors (Lipinski definition) is 4. The number of amides is 1. The standard InChI is InChI=1S/C14H19NO5/c1-9-3-4-12(10(2)7-9)20-6-5-13(17)15-11(8-16)14(18)19/h3-4,7,11,16H,5-6,8H2,1-2H3,(H,15,17)(H,18,19). The summed E-state index contributed by atoms with van der Waals surface area (Å²) in [6, 6.07) is 4.44. The second-order valence-corrected chi connectivity index (χ2v) is 4.51. The number of carbonyl (C=O) groups excluding carboxylic acids is 1. The Morgan fingerprint density at radius 3 is 2.60 bits per heavy atom. The number of ether oxygens (including phenoxy) is 1. The van der Waals surface area contributed by atoms with Gasteiger partial charge in [0.2, 0.25) is 5.91 Å². The lowest BCUT2D eigenvalue weighted by Crippen LogP contribution is -2.43. The van der Waals surface area contributed by atoms with E-state index in [0.29, 0.717) is 5.75 Å². The van der Waals surface area contributed by atoms with Crippen LogP contribution in [0.3, 0.4) is 0 Å². The number of rotatable bonds is 7. The summed E-state index contributed by atoms with van der Waals surface area (Å²) in [5.74, 6) is -1.05. The highest BCUT2D eigenvalue weighted by molar-refractivity contribution is 5.83. The van der Waals surface area contributed by atoms with E-state index in [1.807, 2.05) is 32.0 Å². The van der Waals surface area contributed by atoms with Crippen molar-refractivity contribution < 1.29 is 24.5 Å². The predicted octanol–water partition coefficient (Wildman–Crippen LogP) is 0.634. The summed E-state index contributed by atoms with van der Waals surface area (Å²) in [5.41, 5.74) is 2.10. The van der Waals surface area contributed by atoms with Crippen molar-refractivity contribution in [2.45, 2.75) is 26.3 Å². The van der Waals surface area contributed by atoms with Crippen molar-refractivity contribution in [2.75, 3.05) is 13.2 Å². The Labute approximate surface area is 117 Å². The van der Waals surface area contributed by atoms with Gasteiger partial charge >= 0.3 is 5.97 Å². The number of aryl methyl sites for hydroxylation is 2. The quantitative estimate of drug-likeness (QED) is 0.681. The van der Waals surface area contributed by atoms with E-state index in [4.69, 9.17) is 14.9 Å². The first-order valence-electron chi connectivity index (χ1n) is 6.27. The zero-order valence-electron chi connectivity index (χ0n) is 11.5. The van der Waals surface area contributed by atoms with Gasteiger partial charge in [-0.3, -0.25) is 4.79 Å². The van der Waals surface area contributed by atoms with Gasteiger partial charge in [-0.2, -0.15) is 0 Å². The zero-order chi connectivity index (χ0) is 15.1. The smallest absolute Gasteiger partial charge is 0.328 e. The number of nitrogens with one attached hydrogen (secondary N) is 1. The molecular formula is C14H19NO5. The normalized spacial score (nSPS) is 11.8. The van der Waals surface area contributed by atoms with Gasteiger partial charge in [0.15, 0.2) is 0 Å². The first-order valence-corrected chi connectivity index (χ1v) is 6.27. The van der Waals surface area contributed by atoms with Crippen molar-refractivity contribution >= 4 is 11.9 Å². The molecule has 1 rings (SSSR count). The van der Waals surface area contributed by atoms with Crippen LogP contribution in [0.25, 0.3) is 0 Å². The number of aliphatic carboxylic acids is 1. The van der Waals surface area contributed by atoms with Crippen molar-refractivity contribution in [3.63, 3.8) is 0 Å². The van der Waals surface area contributed by atoms with Gasteiger partial charge in [-0.05, 0) is 25.5 Å². The third-order valence-electron chi connectivity index (χ3n) is 2.73. The number of hydrogen-bond donors (Lipinski definition) is 3. The number of aliphatic hydroxyl groups is 1. The van der Waals surface area contributed by atoms with E-state index in [1.165, 1.54) is 0 Å². The van der Waals surface area contributed by atoms with Crippen LogP contribution in [0.2, 0.25) is 0 Å². The topological polar surface area (TPSA) is 95.9 Å². The summed E-state index contributed by atoms with van der Waals surface area (Å²) in [6.45, 7) is 3.40. The van der Waals surface area contributed by atoms with Crippen LogP contribution >= 0.6 is 0 Å². The molecule has 0 aromatic heterocycles. The molecule has 20 heavy (non-hydrogen) atoms. The molecule has 6 heteroatoms. The molecule has 0 heterocycles. The highest BCUT2D eigenvalue weighted by Gasteiger charge is 2.18. The minimum atomic E-state index is -1.27. The van der Waals surface area contributed by atoms with Gasteiger partial charge in [0.25, 0.3) is 0 Å². The van der Waals surface area contributed by atoms with Crippen molar-refractivity contribution in [3.05, 3.63) is 29.3 Å². The molecule has 0 radical (unpaired) electrons. The maximum absolute atomic E-state index is 11.5. The molecular weight excluding hydrogens is 262 g/mol. The molecule has 110 valence electrons. The first kappa shape index (κ1) is 16.0. The maximum Gasteiger partial charge on any atom is 0.328 e. The van der Waals surface area contributed by atoms with E-state index in [-0.39, 0.29) is 13.0 Å². The molecule has 3 N–H and O–H groups in total. The van der Waals surface area contributed by atoms with Crippen LogP contribution in [0, 0.1) is 13.8 Å². The molecule has 0 saturated heterocycles. The Hall–Kier alpha value is -2.08. The van der Waals surface area contributed by atoms with Crippen molar-refractivity contribution in [1.29, 1.82) is 0 Å². The van der Waals surface area contributed by atoms with Crippen LogP contribution in [0.4, 0.5) is 0 Å². The lowest BCUT2D eigenvalue weighted by molar-refractivity contribution is -0.143. The third kappa shape index (κ3) is 4.89. The van der Waals surface area contributed by atoms with E-state index in [1.54, 1.807) is 0 Å². The van der Waals surface area contributed by atoms with Crippen LogP contribution in [0.1, 0.15) is 17.5 Å². The highest BCUT2D eigenvalue weighted by atomic mass is 16.5. The Balaban J connectivity index is 2.40. The predicted molar refractivity (Wildman–Crippen MR) is 72.7 cm³/mol. The number of aliphatic hydroxyl groups excluding tert-OH is 1. The second kappa shape index (κ2) is 7.49. The van der Waals surface area contributed by atoms with Crippen LogP contribution in [-0.4, -0.2) is 41.3 Å². The molecule has 1 amide bonds. The molecule has 1 aromatic carbocycles. The number of benzene rings is 1. The molecule has 6 nitrogen and oxygen atoms in total. The van der Waals surface area contributed by atoms with Gasteiger partial charge in [-0.15, -0.1) is 0 Å². The highest BCUT2D eigenvalue weighted by Crippen LogP contribution is 2.18. The number of carboxylic acids is 1. The lowest BCUT2D eigenvalue weighted by Gasteiger charge is -2.12. The van der Waals surface area contributed by atoms with Gasteiger partial charge < -0.3 is 20.3 Å². The monoisotopic (exact) mass is 281 g/mol. The number of carbonyl (C=O) groups is 2. The van der Waals surface area contributed by atoms with E-state index in [9.17, 15) is 9.59 Å². The summed E-state index contributed by atoms with van der Waals surface area (Å²) in [7, 11) is 0. The van der Waals surface area contributed by atoms with Crippen LogP contribution < -0.4 is 10.1 Å². The molecule has 0 aliphatic heterocycles. The minimum Gasteiger partial charge on any atom is -0.493 e. The van der Waals surface area contributed by atoms with E-state index < -0.39 is 24.5 Å². The average molecular weight is 281 g/mol. The molecule has 0 spiro atoms. The fraction of sp³-hybridized carbons (Fsp3) is 0.429. The van der Waals surface area contributed by atoms with Gasteiger partial charge in [0.05, 0.1) is 19.6 Å². The zero-order valence-corrected chi connectivity index (χ0v) is 11.5. The molecule has 0 aliphatic rings. The molecule has 0 fully saturated rings. The summed E-state index contributed by atoms with van der Waals surface area (Å²) >= 11 is 0. The summed E-state index contributed by atoms with van der Waals surface area (Å²) < 4.78 is 5.47.